The van der Waals surface area contributed by atoms with Crippen LogP contribution in [0.3, 0.4) is 0 Å². The highest BCUT2D eigenvalue weighted by Gasteiger charge is 2.15. The van der Waals surface area contributed by atoms with Crippen LogP contribution in [0.1, 0.15) is 46.2 Å². The van der Waals surface area contributed by atoms with Crippen molar-refractivity contribution in [3.63, 3.8) is 0 Å². The predicted molar refractivity (Wildman–Crippen MR) is 83.9 cm³/mol. The second-order valence-electron chi connectivity index (χ2n) is 4.76. The Bertz CT molecular complexity index is 664. The molecule has 0 fully saturated rings. The molecule has 4 heteroatoms. The normalized spacial score (nSPS) is 11.5. The predicted octanol–water partition coefficient (Wildman–Crippen LogP) is 3.85. The maximum Gasteiger partial charge on any atom is 0.153 e. The summed E-state index contributed by atoms with van der Waals surface area (Å²) in [5, 5.41) is 0. The molecule has 0 aliphatic rings. The maximum absolute atomic E-state index is 11.1. The van der Waals surface area contributed by atoms with Gasteiger partial charge in [-0.3, -0.25) is 9.59 Å². The Morgan fingerprint density at radius 2 is 1.82 bits per heavy atom. The fourth-order valence-electron chi connectivity index (χ4n) is 2.18. The minimum Gasteiger partial charge on any atom is -0.493 e. The van der Waals surface area contributed by atoms with Crippen LogP contribution in [0.5, 0.6) is 11.5 Å². The summed E-state index contributed by atoms with van der Waals surface area (Å²) in [5.74, 6) is 1.17. The van der Waals surface area contributed by atoms with Crippen molar-refractivity contribution in [2.45, 2.75) is 20.0 Å². The topological polar surface area (TPSA) is 52.6 Å². The number of benzene rings is 2. The summed E-state index contributed by atoms with van der Waals surface area (Å²) < 4.78 is 11.5. The molecule has 0 N–H and O–H groups in total. The molecule has 22 heavy (non-hydrogen) atoms. The Labute approximate surface area is 129 Å². The van der Waals surface area contributed by atoms with Crippen molar-refractivity contribution < 1.29 is 19.1 Å². The van der Waals surface area contributed by atoms with Gasteiger partial charge >= 0.3 is 0 Å². The van der Waals surface area contributed by atoms with Crippen LogP contribution in [0.15, 0.2) is 42.5 Å². The van der Waals surface area contributed by atoms with E-state index in [0.29, 0.717) is 29.2 Å². The van der Waals surface area contributed by atoms with Crippen molar-refractivity contribution in [1.29, 1.82) is 0 Å². The molecule has 0 saturated heterocycles. The third-order valence-electron chi connectivity index (χ3n) is 3.26. The Kier molecular flexibility index (Phi) is 5.31. The molecule has 0 aliphatic heterocycles. The molecule has 0 saturated carbocycles. The van der Waals surface area contributed by atoms with Gasteiger partial charge in [-0.2, -0.15) is 0 Å². The lowest BCUT2D eigenvalue weighted by molar-refractivity contribution is 0.111. The molecule has 2 aromatic carbocycles. The van der Waals surface area contributed by atoms with Gasteiger partial charge in [0.2, 0.25) is 0 Å². The van der Waals surface area contributed by atoms with E-state index in [0.717, 1.165) is 18.1 Å². The molecule has 0 spiro atoms. The number of rotatable bonds is 7. The molecule has 0 bridgehead atoms. The van der Waals surface area contributed by atoms with Gasteiger partial charge in [-0.1, -0.05) is 12.1 Å². The summed E-state index contributed by atoms with van der Waals surface area (Å²) >= 11 is 0. The first kappa shape index (κ1) is 15.8. The van der Waals surface area contributed by atoms with E-state index >= 15 is 0 Å². The number of hydrogen-bond acceptors (Lipinski definition) is 4. The summed E-state index contributed by atoms with van der Waals surface area (Å²) in [5.41, 5.74) is 1.81. The molecule has 0 heterocycles. The SMILES string of the molecule is CCOc1ccc(C=O)cc1C(C)Oc1ccccc1C=O. The van der Waals surface area contributed by atoms with E-state index in [9.17, 15) is 9.59 Å². The zero-order valence-corrected chi connectivity index (χ0v) is 12.6. The largest absolute Gasteiger partial charge is 0.493 e. The second kappa shape index (κ2) is 7.41. The highest BCUT2D eigenvalue weighted by atomic mass is 16.5. The number of carbonyl (C=O) groups is 2. The van der Waals surface area contributed by atoms with Crippen LogP contribution >= 0.6 is 0 Å². The van der Waals surface area contributed by atoms with Crippen molar-refractivity contribution in [2.24, 2.45) is 0 Å². The average Bonchev–Trinajstić information content (AvgIpc) is 2.56. The van der Waals surface area contributed by atoms with Crippen LogP contribution < -0.4 is 9.47 Å². The van der Waals surface area contributed by atoms with Gasteiger partial charge in [-0.15, -0.1) is 0 Å². The molecule has 1 unspecified atom stereocenters. The van der Waals surface area contributed by atoms with Gasteiger partial charge in [0.25, 0.3) is 0 Å². The number of carbonyl (C=O) groups excluding carboxylic acids is 2. The first-order chi connectivity index (χ1) is 10.7. The second-order valence-corrected chi connectivity index (χ2v) is 4.76. The molecule has 0 amide bonds. The molecule has 0 aromatic heterocycles. The monoisotopic (exact) mass is 298 g/mol. The fraction of sp³-hybridized carbons (Fsp3) is 0.222. The highest BCUT2D eigenvalue weighted by Crippen LogP contribution is 2.31. The van der Waals surface area contributed by atoms with Crippen molar-refractivity contribution in [3.8, 4) is 11.5 Å². The summed E-state index contributed by atoms with van der Waals surface area (Å²) in [6.45, 7) is 4.27. The van der Waals surface area contributed by atoms with E-state index in [2.05, 4.69) is 0 Å². The number of ether oxygens (including phenoxy) is 2. The molecule has 0 aliphatic carbocycles. The van der Waals surface area contributed by atoms with E-state index in [-0.39, 0.29) is 6.10 Å². The summed E-state index contributed by atoms with van der Waals surface area (Å²) in [6.07, 6.45) is 1.18. The lowest BCUT2D eigenvalue weighted by Gasteiger charge is -2.19. The van der Waals surface area contributed by atoms with Gasteiger partial charge in [0.1, 0.15) is 23.9 Å². The summed E-state index contributed by atoms with van der Waals surface area (Å²) in [6, 6.07) is 12.2. The quantitative estimate of drug-likeness (QED) is 0.729. The number of para-hydroxylation sites is 1. The van der Waals surface area contributed by atoms with Crippen molar-refractivity contribution in [1.82, 2.24) is 0 Å². The molecular formula is C18H18O4. The number of aldehydes is 2. The first-order valence-electron chi connectivity index (χ1n) is 7.12. The molecule has 0 radical (unpaired) electrons. The molecule has 2 rings (SSSR count). The van der Waals surface area contributed by atoms with E-state index in [1.165, 1.54) is 0 Å². The first-order valence-corrected chi connectivity index (χ1v) is 7.12. The number of hydrogen-bond donors (Lipinski definition) is 0. The van der Waals surface area contributed by atoms with Crippen LogP contribution in [0.4, 0.5) is 0 Å². The van der Waals surface area contributed by atoms with Crippen LogP contribution in [-0.4, -0.2) is 19.2 Å². The Hall–Kier alpha value is -2.62. The van der Waals surface area contributed by atoms with Gasteiger partial charge in [0, 0.05) is 11.1 Å². The summed E-state index contributed by atoms with van der Waals surface area (Å²) in [4.78, 5) is 22.0. The molecule has 1 atom stereocenters. The van der Waals surface area contributed by atoms with Crippen LogP contribution in [-0.2, 0) is 0 Å². The Morgan fingerprint density at radius 1 is 1.05 bits per heavy atom. The van der Waals surface area contributed by atoms with Crippen LogP contribution in [0.2, 0.25) is 0 Å². The summed E-state index contributed by atoms with van der Waals surface area (Å²) in [7, 11) is 0. The molecule has 4 nitrogen and oxygen atoms in total. The molecule has 114 valence electrons. The van der Waals surface area contributed by atoms with Gasteiger partial charge in [-0.05, 0) is 44.2 Å². The third-order valence-corrected chi connectivity index (χ3v) is 3.26. The average molecular weight is 298 g/mol. The van der Waals surface area contributed by atoms with Crippen molar-refractivity contribution in [2.75, 3.05) is 6.61 Å². The zero-order chi connectivity index (χ0) is 15.9. The Balaban J connectivity index is 2.33. The lowest BCUT2D eigenvalue weighted by atomic mass is 10.1. The van der Waals surface area contributed by atoms with Gasteiger partial charge in [0.05, 0.1) is 12.2 Å². The van der Waals surface area contributed by atoms with E-state index in [4.69, 9.17) is 9.47 Å². The highest BCUT2D eigenvalue weighted by molar-refractivity contribution is 5.79. The molecule has 2 aromatic rings. The molecular weight excluding hydrogens is 280 g/mol. The minimum atomic E-state index is -0.359. The lowest BCUT2D eigenvalue weighted by Crippen LogP contribution is -2.08. The van der Waals surface area contributed by atoms with Gasteiger partial charge in [-0.25, -0.2) is 0 Å². The third kappa shape index (κ3) is 3.52. The maximum atomic E-state index is 11.1. The minimum absolute atomic E-state index is 0.359. The van der Waals surface area contributed by atoms with Crippen LogP contribution in [0.25, 0.3) is 0 Å². The van der Waals surface area contributed by atoms with E-state index < -0.39 is 0 Å². The van der Waals surface area contributed by atoms with E-state index in [1.807, 2.05) is 13.8 Å². The fourth-order valence-corrected chi connectivity index (χ4v) is 2.18. The van der Waals surface area contributed by atoms with Gasteiger partial charge < -0.3 is 9.47 Å². The smallest absolute Gasteiger partial charge is 0.153 e. The zero-order valence-electron chi connectivity index (χ0n) is 12.6. The standard InChI is InChI=1S/C18H18O4/c1-3-21-18-9-8-14(11-19)10-16(18)13(2)22-17-7-5-4-6-15(17)12-20/h4-13H,3H2,1-2H3. The van der Waals surface area contributed by atoms with Crippen molar-refractivity contribution in [3.05, 3.63) is 59.2 Å². The van der Waals surface area contributed by atoms with Crippen LogP contribution in [0, 0.1) is 0 Å². The van der Waals surface area contributed by atoms with Gasteiger partial charge in [0.15, 0.2) is 6.29 Å². The Morgan fingerprint density at radius 3 is 2.50 bits per heavy atom. The van der Waals surface area contributed by atoms with E-state index in [1.54, 1.807) is 42.5 Å². The van der Waals surface area contributed by atoms with Crippen molar-refractivity contribution >= 4 is 12.6 Å².